The summed E-state index contributed by atoms with van der Waals surface area (Å²) in [5, 5.41) is 2.93. The molecule has 0 saturated heterocycles. The number of hydrogen-bond acceptors (Lipinski definition) is 3. The maximum Gasteiger partial charge on any atom is 0.258 e. The standard InChI is InChI=1S/C25H24N2O3/c1-2-30-23-13-7-6-12-21(23)26-24(28)20-14-15-22-19(17-20)11-8-16-27(22)25(29)18-9-4-3-5-10-18/h3-7,9-10,12-15,17H,2,8,11,16H2,1H3,(H,26,28). The summed E-state index contributed by atoms with van der Waals surface area (Å²) < 4.78 is 5.59. The Morgan fingerprint density at radius 2 is 1.73 bits per heavy atom. The number of amides is 2. The fourth-order valence-electron chi connectivity index (χ4n) is 3.73. The minimum Gasteiger partial charge on any atom is -0.492 e. The molecule has 30 heavy (non-hydrogen) atoms. The molecule has 1 heterocycles. The fraction of sp³-hybridized carbons (Fsp3) is 0.200. The number of ether oxygens (including phenoxy) is 1. The van der Waals surface area contributed by atoms with Crippen molar-refractivity contribution >= 4 is 23.2 Å². The number of nitrogens with one attached hydrogen (secondary N) is 1. The zero-order valence-electron chi connectivity index (χ0n) is 16.9. The highest BCUT2D eigenvalue weighted by atomic mass is 16.5. The van der Waals surface area contributed by atoms with Gasteiger partial charge in [-0.3, -0.25) is 9.59 Å². The first-order valence-corrected chi connectivity index (χ1v) is 10.2. The molecule has 1 aliphatic rings. The predicted octanol–water partition coefficient (Wildman–Crippen LogP) is 4.93. The molecule has 0 bridgehead atoms. The van der Waals surface area contributed by atoms with Gasteiger partial charge in [0.25, 0.3) is 11.8 Å². The highest BCUT2D eigenvalue weighted by Crippen LogP contribution is 2.30. The highest BCUT2D eigenvalue weighted by Gasteiger charge is 2.24. The van der Waals surface area contributed by atoms with Crippen LogP contribution in [0.5, 0.6) is 5.75 Å². The van der Waals surface area contributed by atoms with Crippen molar-refractivity contribution in [3.05, 3.63) is 89.5 Å². The Bertz CT molecular complexity index is 1060. The monoisotopic (exact) mass is 400 g/mol. The lowest BCUT2D eigenvalue weighted by atomic mass is 9.98. The van der Waals surface area contributed by atoms with Crippen molar-refractivity contribution in [2.24, 2.45) is 0 Å². The molecule has 0 saturated carbocycles. The summed E-state index contributed by atoms with van der Waals surface area (Å²) in [6.45, 7) is 3.11. The number of nitrogens with zero attached hydrogens (tertiary/aromatic N) is 1. The molecule has 152 valence electrons. The van der Waals surface area contributed by atoms with Crippen LogP contribution in [0, 0.1) is 0 Å². The Hall–Kier alpha value is -3.60. The van der Waals surface area contributed by atoms with E-state index in [1.165, 1.54) is 0 Å². The van der Waals surface area contributed by atoms with Crippen LogP contribution in [-0.2, 0) is 6.42 Å². The van der Waals surface area contributed by atoms with Crippen molar-refractivity contribution in [3.63, 3.8) is 0 Å². The van der Waals surface area contributed by atoms with E-state index in [1.54, 1.807) is 11.0 Å². The summed E-state index contributed by atoms with van der Waals surface area (Å²) in [6, 6.07) is 22.2. The molecule has 0 aromatic heterocycles. The third kappa shape index (κ3) is 4.06. The van der Waals surface area contributed by atoms with Crippen molar-refractivity contribution in [2.45, 2.75) is 19.8 Å². The Morgan fingerprint density at radius 3 is 2.53 bits per heavy atom. The Labute approximate surface area is 176 Å². The average molecular weight is 400 g/mol. The molecule has 3 aromatic rings. The first kappa shape index (κ1) is 19.7. The Morgan fingerprint density at radius 1 is 0.967 bits per heavy atom. The second-order valence-electron chi connectivity index (χ2n) is 7.15. The van der Waals surface area contributed by atoms with E-state index < -0.39 is 0 Å². The summed E-state index contributed by atoms with van der Waals surface area (Å²) in [4.78, 5) is 27.6. The molecule has 0 atom stereocenters. The van der Waals surface area contributed by atoms with Gasteiger partial charge >= 0.3 is 0 Å². The van der Waals surface area contributed by atoms with Crippen LogP contribution in [0.2, 0.25) is 0 Å². The Balaban J connectivity index is 1.57. The summed E-state index contributed by atoms with van der Waals surface area (Å²) in [5.41, 5.74) is 3.76. The maximum atomic E-state index is 13.0. The van der Waals surface area contributed by atoms with Crippen molar-refractivity contribution in [2.75, 3.05) is 23.4 Å². The van der Waals surface area contributed by atoms with Crippen LogP contribution in [-0.4, -0.2) is 25.0 Å². The van der Waals surface area contributed by atoms with Gasteiger partial charge in [-0.2, -0.15) is 0 Å². The molecule has 0 unspecified atom stereocenters. The fourth-order valence-corrected chi connectivity index (χ4v) is 3.73. The predicted molar refractivity (Wildman–Crippen MR) is 118 cm³/mol. The molecule has 1 aliphatic heterocycles. The summed E-state index contributed by atoms with van der Waals surface area (Å²) >= 11 is 0. The molecule has 0 spiro atoms. The number of fused-ring (bicyclic) bond motifs is 1. The first-order valence-electron chi connectivity index (χ1n) is 10.2. The van der Waals surface area contributed by atoms with E-state index in [0.717, 1.165) is 24.1 Å². The first-order chi connectivity index (χ1) is 14.7. The third-order valence-electron chi connectivity index (χ3n) is 5.16. The lowest BCUT2D eigenvalue weighted by Gasteiger charge is -2.30. The number of para-hydroxylation sites is 2. The van der Waals surface area contributed by atoms with Gasteiger partial charge in [0.05, 0.1) is 12.3 Å². The number of carbonyl (C=O) groups is 2. The van der Waals surface area contributed by atoms with E-state index in [0.29, 0.717) is 35.7 Å². The van der Waals surface area contributed by atoms with Crippen LogP contribution in [0.25, 0.3) is 0 Å². The molecule has 1 N–H and O–H groups in total. The third-order valence-corrected chi connectivity index (χ3v) is 5.16. The largest absolute Gasteiger partial charge is 0.492 e. The quantitative estimate of drug-likeness (QED) is 0.661. The molecule has 2 amide bonds. The van der Waals surface area contributed by atoms with E-state index in [2.05, 4.69) is 5.32 Å². The molecule has 5 heteroatoms. The van der Waals surface area contributed by atoms with Crippen LogP contribution in [0.3, 0.4) is 0 Å². The average Bonchev–Trinajstić information content (AvgIpc) is 2.80. The number of hydrogen-bond donors (Lipinski definition) is 1. The van der Waals surface area contributed by atoms with Gasteiger partial charge in [0.15, 0.2) is 0 Å². The smallest absolute Gasteiger partial charge is 0.258 e. The van der Waals surface area contributed by atoms with Gasteiger partial charge in [-0.15, -0.1) is 0 Å². The van der Waals surface area contributed by atoms with Gasteiger partial charge in [-0.1, -0.05) is 30.3 Å². The van der Waals surface area contributed by atoms with E-state index in [9.17, 15) is 9.59 Å². The van der Waals surface area contributed by atoms with E-state index in [4.69, 9.17) is 4.74 Å². The van der Waals surface area contributed by atoms with E-state index in [1.807, 2.05) is 73.7 Å². The second kappa shape index (κ2) is 8.82. The topological polar surface area (TPSA) is 58.6 Å². The van der Waals surface area contributed by atoms with Gasteiger partial charge < -0.3 is 15.0 Å². The van der Waals surface area contributed by atoms with Gasteiger partial charge in [-0.05, 0) is 67.8 Å². The Kier molecular flexibility index (Phi) is 5.80. The van der Waals surface area contributed by atoms with Crippen LogP contribution in [0.15, 0.2) is 72.8 Å². The minimum absolute atomic E-state index is 0.0145. The SMILES string of the molecule is CCOc1ccccc1NC(=O)c1ccc2c(c1)CCCN2C(=O)c1ccccc1. The zero-order chi connectivity index (χ0) is 20.9. The van der Waals surface area contributed by atoms with Crippen LogP contribution >= 0.6 is 0 Å². The van der Waals surface area contributed by atoms with Crippen LogP contribution in [0.4, 0.5) is 11.4 Å². The minimum atomic E-state index is -0.198. The number of aryl methyl sites for hydroxylation is 1. The van der Waals surface area contributed by atoms with Crippen molar-refractivity contribution in [1.29, 1.82) is 0 Å². The molecule has 5 nitrogen and oxygen atoms in total. The molecule has 3 aromatic carbocycles. The van der Waals surface area contributed by atoms with E-state index >= 15 is 0 Å². The van der Waals surface area contributed by atoms with Crippen LogP contribution in [0.1, 0.15) is 39.6 Å². The number of rotatable bonds is 5. The number of benzene rings is 3. The summed E-state index contributed by atoms with van der Waals surface area (Å²) in [7, 11) is 0. The lowest BCUT2D eigenvalue weighted by molar-refractivity contribution is 0.0984. The molecular weight excluding hydrogens is 376 g/mol. The molecular formula is C25H24N2O3. The van der Waals surface area contributed by atoms with Crippen molar-refractivity contribution in [3.8, 4) is 5.75 Å². The molecule has 0 fully saturated rings. The van der Waals surface area contributed by atoms with Gasteiger partial charge in [0, 0.05) is 23.4 Å². The summed E-state index contributed by atoms with van der Waals surface area (Å²) in [5.74, 6) is 0.432. The zero-order valence-corrected chi connectivity index (χ0v) is 16.9. The molecule has 0 radical (unpaired) electrons. The molecule has 0 aliphatic carbocycles. The highest BCUT2D eigenvalue weighted by molar-refractivity contribution is 6.08. The van der Waals surface area contributed by atoms with Crippen molar-refractivity contribution < 1.29 is 14.3 Å². The number of anilines is 2. The summed E-state index contributed by atoms with van der Waals surface area (Å²) in [6.07, 6.45) is 1.70. The lowest BCUT2D eigenvalue weighted by Crippen LogP contribution is -2.35. The maximum absolute atomic E-state index is 13.0. The normalized spacial score (nSPS) is 12.8. The van der Waals surface area contributed by atoms with Gasteiger partial charge in [0.2, 0.25) is 0 Å². The van der Waals surface area contributed by atoms with Crippen LogP contribution < -0.4 is 15.0 Å². The van der Waals surface area contributed by atoms with E-state index in [-0.39, 0.29) is 11.8 Å². The van der Waals surface area contributed by atoms with Gasteiger partial charge in [-0.25, -0.2) is 0 Å². The number of carbonyl (C=O) groups excluding carboxylic acids is 2. The van der Waals surface area contributed by atoms with Gasteiger partial charge in [0.1, 0.15) is 5.75 Å². The second-order valence-corrected chi connectivity index (χ2v) is 7.15. The molecule has 4 rings (SSSR count). The van der Waals surface area contributed by atoms with Crippen molar-refractivity contribution in [1.82, 2.24) is 0 Å².